The molecular formula is C14H16ClN. The number of benzene rings is 1. The summed E-state index contributed by atoms with van der Waals surface area (Å²) < 4.78 is 0. The molecule has 0 aliphatic heterocycles. The van der Waals surface area contributed by atoms with Gasteiger partial charge >= 0.3 is 0 Å². The van der Waals surface area contributed by atoms with Crippen LogP contribution in [0.3, 0.4) is 0 Å². The van der Waals surface area contributed by atoms with Gasteiger partial charge in [-0.25, -0.2) is 0 Å². The van der Waals surface area contributed by atoms with E-state index in [9.17, 15) is 0 Å². The second kappa shape index (κ2) is 4.42. The molecule has 1 aromatic carbocycles. The molecule has 0 amide bonds. The number of nitrogens with zero attached hydrogens (tertiary/aromatic N) is 1. The van der Waals surface area contributed by atoms with Crippen LogP contribution >= 0.6 is 11.6 Å². The fraction of sp³-hybridized carbons (Fsp3) is 0.357. The summed E-state index contributed by atoms with van der Waals surface area (Å²) in [6.07, 6.45) is 1.93. The average Bonchev–Trinajstić information content (AvgIpc) is 2.29. The molecule has 0 bridgehead atoms. The third kappa shape index (κ3) is 1.69. The van der Waals surface area contributed by atoms with Crippen LogP contribution in [-0.2, 0) is 12.8 Å². The van der Waals surface area contributed by atoms with Gasteiger partial charge < -0.3 is 0 Å². The minimum absolute atomic E-state index is 0.875. The van der Waals surface area contributed by atoms with E-state index in [0.29, 0.717) is 0 Å². The molecule has 0 fully saturated rings. The van der Waals surface area contributed by atoms with Crippen molar-refractivity contribution in [2.75, 3.05) is 0 Å². The number of hydrogen-bond acceptors (Lipinski definition) is 1. The largest absolute Gasteiger partial charge is 0.252 e. The Morgan fingerprint density at radius 1 is 1.19 bits per heavy atom. The molecule has 0 unspecified atom stereocenters. The quantitative estimate of drug-likeness (QED) is 0.753. The van der Waals surface area contributed by atoms with E-state index in [1.165, 1.54) is 11.1 Å². The molecule has 0 aliphatic carbocycles. The maximum atomic E-state index is 6.44. The molecule has 0 saturated carbocycles. The summed E-state index contributed by atoms with van der Waals surface area (Å²) in [5.74, 6) is 0. The fourth-order valence-corrected chi connectivity index (χ4v) is 2.58. The minimum atomic E-state index is 0.875. The van der Waals surface area contributed by atoms with Crippen LogP contribution in [0.2, 0.25) is 5.02 Å². The second-order valence-electron chi connectivity index (χ2n) is 4.01. The molecule has 0 N–H and O–H groups in total. The first-order valence-corrected chi connectivity index (χ1v) is 6.13. The summed E-state index contributed by atoms with van der Waals surface area (Å²) in [5, 5.41) is 1.96. The molecule has 84 valence electrons. The first-order valence-electron chi connectivity index (χ1n) is 5.75. The van der Waals surface area contributed by atoms with E-state index in [1.54, 1.807) is 0 Å². The lowest BCUT2D eigenvalue weighted by Gasteiger charge is -2.11. The van der Waals surface area contributed by atoms with Crippen LogP contribution in [0.5, 0.6) is 0 Å². The summed E-state index contributed by atoms with van der Waals surface area (Å²) in [7, 11) is 0. The van der Waals surface area contributed by atoms with E-state index < -0.39 is 0 Å². The van der Waals surface area contributed by atoms with Crippen molar-refractivity contribution < 1.29 is 0 Å². The van der Waals surface area contributed by atoms with Gasteiger partial charge in [0, 0.05) is 11.1 Å². The molecule has 1 aromatic heterocycles. The van der Waals surface area contributed by atoms with Gasteiger partial charge in [0.25, 0.3) is 0 Å². The Morgan fingerprint density at radius 3 is 2.56 bits per heavy atom. The highest BCUT2D eigenvalue weighted by Crippen LogP contribution is 2.30. The van der Waals surface area contributed by atoms with Crippen LogP contribution in [-0.4, -0.2) is 4.98 Å². The molecule has 0 spiro atoms. The number of para-hydroxylation sites is 1. The van der Waals surface area contributed by atoms with Gasteiger partial charge in [-0.05, 0) is 30.9 Å². The van der Waals surface area contributed by atoms with Crippen molar-refractivity contribution in [3.63, 3.8) is 0 Å². The predicted molar refractivity (Wildman–Crippen MR) is 70.2 cm³/mol. The third-order valence-corrected chi connectivity index (χ3v) is 3.50. The molecule has 2 aromatic rings. The molecule has 2 heteroatoms. The highest BCUT2D eigenvalue weighted by atomic mass is 35.5. The number of rotatable bonds is 2. The standard InChI is InChI=1S/C14H16ClN/c1-4-10-7-6-8-12-13(15)11(5-2)9(3)16-14(10)12/h6-8H,4-5H2,1-3H3. The van der Waals surface area contributed by atoms with Gasteiger partial charge in [-0.2, -0.15) is 0 Å². The molecule has 0 radical (unpaired) electrons. The Kier molecular flexibility index (Phi) is 3.15. The van der Waals surface area contributed by atoms with Gasteiger partial charge in [-0.1, -0.05) is 43.6 Å². The lowest BCUT2D eigenvalue weighted by atomic mass is 10.0. The highest BCUT2D eigenvalue weighted by molar-refractivity contribution is 6.36. The smallest absolute Gasteiger partial charge is 0.0752 e. The van der Waals surface area contributed by atoms with Crippen molar-refractivity contribution in [2.45, 2.75) is 33.6 Å². The van der Waals surface area contributed by atoms with Crippen LogP contribution < -0.4 is 0 Å². The summed E-state index contributed by atoms with van der Waals surface area (Å²) in [6, 6.07) is 6.24. The summed E-state index contributed by atoms with van der Waals surface area (Å²) in [4.78, 5) is 4.69. The van der Waals surface area contributed by atoms with Gasteiger partial charge in [0.15, 0.2) is 0 Å². The van der Waals surface area contributed by atoms with E-state index >= 15 is 0 Å². The van der Waals surface area contributed by atoms with Crippen LogP contribution in [0.25, 0.3) is 10.9 Å². The van der Waals surface area contributed by atoms with Crippen molar-refractivity contribution in [3.8, 4) is 0 Å². The summed E-state index contributed by atoms with van der Waals surface area (Å²) >= 11 is 6.44. The minimum Gasteiger partial charge on any atom is -0.252 e. The SMILES string of the molecule is CCc1c(C)nc2c(CC)cccc2c1Cl. The van der Waals surface area contributed by atoms with E-state index in [1.807, 2.05) is 6.92 Å². The monoisotopic (exact) mass is 233 g/mol. The Labute approximate surface area is 101 Å². The maximum Gasteiger partial charge on any atom is 0.0752 e. The van der Waals surface area contributed by atoms with Crippen molar-refractivity contribution in [3.05, 3.63) is 40.0 Å². The average molecular weight is 234 g/mol. The van der Waals surface area contributed by atoms with Gasteiger partial charge in [-0.3, -0.25) is 4.98 Å². The van der Waals surface area contributed by atoms with E-state index in [2.05, 4.69) is 32.0 Å². The molecular weight excluding hydrogens is 218 g/mol. The van der Waals surface area contributed by atoms with Gasteiger partial charge in [0.2, 0.25) is 0 Å². The Bertz CT molecular complexity index is 532. The normalized spacial score (nSPS) is 11.0. The highest BCUT2D eigenvalue weighted by Gasteiger charge is 2.10. The first-order chi connectivity index (χ1) is 7.69. The number of halogens is 1. The zero-order valence-corrected chi connectivity index (χ0v) is 10.7. The predicted octanol–water partition coefficient (Wildman–Crippen LogP) is 4.32. The fourth-order valence-electron chi connectivity index (χ4n) is 2.15. The van der Waals surface area contributed by atoms with Gasteiger partial charge in [-0.15, -0.1) is 0 Å². The maximum absolute atomic E-state index is 6.44. The number of pyridine rings is 1. The van der Waals surface area contributed by atoms with E-state index in [-0.39, 0.29) is 0 Å². The molecule has 16 heavy (non-hydrogen) atoms. The van der Waals surface area contributed by atoms with Crippen molar-refractivity contribution in [1.29, 1.82) is 0 Å². The number of aromatic nitrogens is 1. The topological polar surface area (TPSA) is 12.9 Å². The third-order valence-electron chi connectivity index (χ3n) is 3.07. The summed E-state index contributed by atoms with van der Waals surface area (Å²) in [6.45, 7) is 6.30. The van der Waals surface area contributed by atoms with Crippen LogP contribution in [0.1, 0.15) is 30.7 Å². The van der Waals surface area contributed by atoms with Crippen molar-refractivity contribution in [2.24, 2.45) is 0 Å². The van der Waals surface area contributed by atoms with Gasteiger partial charge in [0.05, 0.1) is 10.5 Å². The molecule has 0 saturated heterocycles. The van der Waals surface area contributed by atoms with Gasteiger partial charge in [0.1, 0.15) is 0 Å². The zero-order valence-electron chi connectivity index (χ0n) is 9.97. The lowest BCUT2D eigenvalue weighted by Crippen LogP contribution is -1.96. The Balaban J connectivity index is 2.86. The Morgan fingerprint density at radius 2 is 1.94 bits per heavy atom. The first kappa shape index (κ1) is 11.4. The zero-order chi connectivity index (χ0) is 11.7. The van der Waals surface area contributed by atoms with Crippen LogP contribution in [0, 0.1) is 6.92 Å². The summed E-state index contributed by atoms with van der Waals surface area (Å²) in [5.41, 5.74) is 4.55. The van der Waals surface area contributed by atoms with E-state index in [4.69, 9.17) is 16.6 Å². The lowest BCUT2D eigenvalue weighted by molar-refractivity contribution is 1.06. The number of hydrogen-bond donors (Lipinski definition) is 0. The Hall–Kier alpha value is -1.08. The van der Waals surface area contributed by atoms with Crippen molar-refractivity contribution in [1.82, 2.24) is 4.98 Å². The molecule has 2 rings (SSSR count). The number of fused-ring (bicyclic) bond motifs is 1. The van der Waals surface area contributed by atoms with Crippen molar-refractivity contribution >= 4 is 22.5 Å². The molecule has 1 heterocycles. The molecule has 0 aliphatic rings. The van der Waals surface area contributed by atoms with Crippen LogP contribution in [0.4, 0.5) is 0 Å². The molecule has 1 nitrogen and oxygen atoms in total. The second-order valence-corrected chi connectivity index (χ2v) is 4.39. The van der Waals surface area contributed by atoms with E-state index in [0.717, 1.165) is 34.5 Å². The molecule has 0 atom stereocenters. The number of aryl methyl sites for hydroxylation is 2. The van der Waals surface area contributed by atoms with Crippen LogP contribution in [0.15, 0.2) is 18.2 Å².